The van der Waals surface area contributed by atoms with Crippen molar-refractivity contribution in [3.63, 3.8) is 0 Å². The van der Waals surface area contributed by atoms with Crippen molar-refractivity contribution in [1.29, 1.82) is 0 Å². The molecule has 0 N–H and O–H groups in total. The van der Waals surface area contributed by atoms with E-state index in [4.69, 9.17) is 4.52 Å². The van der Waals surface area contributed by atoms with Gasteiger partial charge in [0.2, 0.25) is 11.4 Å². The zero-order valence-corrected chi connectivity index (χ0v) is 13.2. The molecule has 0 bridgehead atoms. The average Bonchev–Trinajstić information content (AvgIpc) is 2.87. The molecule has 0 aliphatic rings. The lowest BCUT2D eigenvalue weighted by Crippen LogP contribution is -2.28. The lowest BCUT2D eigenvalue weighted by atomic mass is 10.1. The predicted molar refractivity (Wildman–Crippen MR) is 80.3 cm³/mol. The Morgan fingerprint density at radius 2 is 2.14 bits per heavy atom. The van der Waals surface area contributed by atoms with Crippen molar-refractivity contribution in [2.24, 2.45) is 13.0 Å². The molecule has 0 radical (unpaired) electrons. The minimum absolute atomic E-state index is 0.158. The number of carbonyl (C=O) groups is 1. The molecule has 2 rings (SSSR count). The van der Waals surface area contributed by atoms with Crippen LogP contribution >= 0.6 is 0 Å². The van der Waals surface area contributed by atoms with Crippen LogP contribution in [-0.2, 0) is 20.0 Å². The molecule has 2 aromatic rings. The molecule has 0 unspecified atom stereocenters. The molecule has 0 aliphatic carbocycles. The quantitative estimate of drug-likeness (QED) is 0.830. The minimum Gasteiger partial charge on any atom is -0.337 e. The van der Waals surface area contributed by atoms with E-state index in [0.29, 0.717) is 23.2 Å². The first-order valence-electron chi connectivity index (χ1n) is 7.10. The Kier molecular flexibility index (Phi) is 4.75. The Bertz CT molecular complexity index is 718. The molecule has 1 amide bonds. The van der Waals surface area contributed by atoms with Gasteiger partial charge in [-0.1, -0.05) is 19.0 Å². The van der Waals surface area contributed by atoms with Gasteiger partial charge in [0.1, 0.15) is 0 Å². The van der Waals surface area contributed by atoms with E-state index in [1.807, 2.05) is 0 Å². The van der Waals surface area contributed by atoms with Crippen LogP contribution in [0.15, 0.2) is 27.6 Å². The molecule has 0 spiro atoms. The highest BCUT2D eigenvalue weighted by molar-refractivity contribution is 5.93. The van der Waals surface area contributed by atoms with Crippen molar-refractivity contribution in [2.75, 3.05) is 7.05 Å². The lowest BCUT2D eigenvalue weighted by molar-refractivity contribution is 0.0768. The van der Waals surface area contributed by atoms with Crippen LogP contribution < -0.4 is 5.56 Å². The molecule has 0 aliphatic heterocycles. The second kappa shape index (κ2) is 6.55. The van der Waals surface area contributed by atoms with Gasteiger partial charge in [0, 0.05) is 32.8 Å². The number of hydrogen-bond donors (Lipinski definition) is 0. The smallest absolute Gasteiger partial charge is 0.255 e. The number of hydrogen-bond acceptors (Lipinski definition) is 5. The SMILES string of the molecule is CC(C)Cc1noc(CN(C)C(=O)c2ccc(=O)n(C)c2)n1. The van der Waals surface area contributed by atoms with Gasteiger partial charge in [0.05, 0.1) is 12.1 Å². The maximum atomic E-state index is 12.3. The second-order valence-electron chi connectivity index (χ2n) is 5.73. The number of aromatic nitrogens is 3. The van der Waals surface area contributed by atoms with Crippen LogP contribution in [0.5, 0.6) is 0 Å². The van der Waals surface area contributed by atoms with Crippen molar-refractivity contribution < 1.29 is 9.32 Å². The lowest BCUT2D eigenvalue weighted by Gasteiger charge is -2.15. The summed E-state index contributed by atoms with van der Waals surface area (Å²) in [5, 5.41) is 3.90. The van der Waals surface area contributed by atoms with Gasteiger partial charge in [-0.15, -0.1) is 0 Å². The van der Waals surface area contributed by atoms with Gasteiger partial charge >= 0.3 is 0 Å². The Hall–Kier alpha value is -2.44. The molecule has 0 aromatic carbocycles. The van der Waals surface area contributed by atoms with E-state index >= 15 is 0 Å². The van der Waals surface area contributed by atoms with E-state index in [1.165, 1.54) is 27.8 Å². The monoisotopic (exact) mass is 304 g/mol. The third-order valence-electron chi connectivity index (χ3n) is 3.15. The number of amides is 1. The summed E-state index contributed by atoms with van der Waals surface area (Å²) in [6.07, 6.45) is 2.25. The fourth-order valence-corrected chi connectivity index (χ4v) is 2.02. The Labute approximate surface area is 128 Å². The fourth-order valence-electron chi connectivity index (χ4n) is 2.02. The summed E-state index contributed by atoms with van der Waals surface area (Å²) < 4.78 is 6.52. The summed E-state index contributed by atoms with van der Waals surface area (Å²) in [5.41, 5.74) is 0.279. The third kappa shape index (κ3) is 3.81. The second-order valence-corrected chi connectivity index (χ2v) is 5.73. The van der Waals surface area contributed by atoms with Crippen LogP contribution in [0, 0.1) is 5.92 Å². The van der Waals surface area contributed by atoms with E-state index in [9.17, 15) is 9.59 Å². The van der Waals surface area contributed by atoms with Gasteiger partial charge in [-0.2, -0.15) is 4.98 Å². The van der Waals surface area contributed by atoms with Gasteiger partial charge in [-0.25, -0.2) is 0 Å². The largest absolute Gasteiger partial charge is 0.337 e. The Morgan fingerprint density at radius 1 is 1.41 bits per heavy atom. The minimum atomic E-state index is -0.209. The highest BCUT2D eigenvalue weighted by Gasteiger charge is 2.16. The number of rotatable bonds is 5. The van der Waals surface area contributed by atoms with Crippen LogP contribution in [0.1, 0.15) is 35.9 Å². The maximum Gasteiger partial charge on any atom is 0.255 e. The molecule has 118 valence electrons. The normalized spacial score (nSPS) is 11.0. The van der Waals surface area contributed by atoms with Crippen molar-refractivity contribution in [3.05, 3.63) is 46.0 Å². The highest BCUT2D eigenvalue weighted by Crippen LogP contribution is 2.08. The topological polar surface area (TPSA) is 81.2 Å². The summed E-state index contributed by atoms with van der Waals surface area (Å²) in [7, 11) is 3.26. The van der Waals surface area contributed by atoms with Gasteiger partial charge in [0.15, 0.2) is 5.82 Å². The van der Waals surface area contributed by atoms with E-state index in [2.05, 4.69) is 24.0 Å². The molecule has 2 aromatic heterocycles. The molecule has 7 nitrogen and oxygen atoms in total. The average molecular weight is 304 g/mol. The Morgan fingerprint density at radius 3 is 2.77 bits per heavy atom. The molecule has 0 saturated heterocycles. The third-order valence-corrected chi connectivity index (χ3v) is 3.15. The van der Waals surface area contributed by atoms with Crippen molar-refractivity contribution in [1.82, 2.24) is 19.6 Å². The first kappa shape index (κ1) is 15.9. The Balaban J connectivity index is 2.06. The zero-order chi connectivity index (χ0) is 16.3. The molecule has 0 saturated carbocycles. The summed E-state index contributed by atoms with van der Waals surface area (Å²) in [4.78, 5) is 29.4. The highest BCUT2D eigenvalue weighted by atomic mass is 16.5. The number of aryl methyl sites for hydroxylation is 1. The molecule has 22 heavy (non-hydrogen) atoms. The van der Waals surface area contributed by atoms with Gasteiger partial charge < -0.3 is 14.0 Å². The summed E-state index contributed by atoms with van der Waals surface area (Å²) >= 11 is 0. The van der Waals surface area contributed by atoms with Crippen molar-refractivity contribution >= 4 is 5.91 Å². The number of nitrogens with zero attached hydrogens (tertiary/aromatic N) is 4. The van der Waals surface area contributed by atoms with Gasteiger partial charge in [0.25, 0.3) is 5.91 Å². The summed E-state index contributed by atoms with van der Waals surface area (Å²) in [5.74, 6) is 1.28. The molecule has 0 fully saturated rings. The van der Waals surface area contributed by atoms with E-state index in [-0.39, 0.29) is 18.0 Å². The van der Waals surface area contributed by atoms with Crippen LogP contribution in [0.2, 0.25) is 0 Å². The molecular weight excluding hydrogens is 284 g/mol. The standard InChI is InChI=1S/C15H20N4O3/c1-10(2)7-12-16-13(22-17-12)9-19(4)15(21)11-5-6-14(20)18(3)8-11/h5-6,8,10H,7,9H2,1-4H3. The maximum absolute atomic E-state index is 12.3. The molecule has 2 heterocycles. The van der Waals surface area contributed by atoms with Gasteiger partial charge in [-0.3, -0.25) is 9.59 Å². The summed E-state index contributed by atoms with van der Waals surface area (Å²) in [6, 6.07) is 2.88. The zero-order valence-electron chi connectivity index (χ0n) is 13.2. The van der Waals surface area contributed by atoms with Crippen LogP contribution in [0.4, 0.5) is 0 Å². The van der Waals surface area contributed by atoms with Crippen LogP contribution in [0.25, 0.3) is 0 Å². The first-order chi connectivity index (χ1) is 10.4. The molecule has 0 atom stereocenters. The van der Waals surface area contributed by atoms with Crippen LogP contribution in [0.3, 0.4) is 0 Å². The molecule has 7 heteroatoms. The van der Waals surface area contributed by atoms with E-state index in [1.54, 1.807) is 14.1 Å². The van der Waals surface area contributed by atoms with Crippen molar-refractivity contribution in [3.8, 4) is 0 Å². The van der Waals surface area contributed by atoms with E-state index in [0.717, 1.165) is 6.42 Å². The van der Waals surface area contributed by atoms with Gasteiger partial charge in [-0.05, 0) is 12.0 Å². The molecular formula is C15H20N4O3. The first-order valence-corrected chi connectivity index (χ1v) is 7.10. The number of carbonyl (C=O) groups excluding carboxylic acids is 1. The fraction of sp³-hybridized carbons (Fsp3) is 0.467. The van der Waals surface area contributed by atoms with E-state index < -0.39 is 0 Å². The predicted octanol–water partition coefficient (Wildman–Crippen LogP) is 1.24. The number of pyridine rings is 1. The van der Waals surface area contributed by atoms with Crippen molar-refractivity contribution in [2.45, 2.75) is 26.8 Å². The van der Waals surface area contributed by atoms with Crippen LogP contribution in [-0.4, -0.2) is 32.6 Å². The summed E-state index contributed by atoms with van der Waals surface area (Å²) in [6.45, 7) is 4.38.